The summed E-state index contributed by atoms with van der Waals surface area (Å²) in [7, 11) is 2.34. The molecule has 0 aromatic rings. The highest BCUT2D eigenvalue weighted by atomic mass is 28.1. The van der Waals surface area contributed by atoms with E-state index in [9.17, 15) is 0 Å². The molecule has 0 aromatic heterocycles. The normalized spacial score (nSPS) is 6.00. The van der Waals surface area contributed by atoms with Crippen molar-refractivity contribution in [3.63, 3.8) is 0 Å². The number of aliphatic hydroxyl groups is 2. The van der Waals surface area contributed by atoms with Crippen molar-refractivity contribution in [3.8, 4) is 0 Å². The van der Waals surface area contributed by atoms with Crippen LogP contribution in [0.25, 0.3) is 0 Å². The molecule has 0 saturated carbocycles. The lowest BCUT2D eigenvalue weighted by Gasteiger charge is -1.69. The van der Waals surface area contributed by atoms with E-state index >= 15 is 0 Å². The van der Waals surface area contributed by atoms with Crippen LogP contribution in [0, 0.1) is 0 Å². The van der Waals surface area contributed by atoms with Gasteiger partial charge in [0.25, 0.3) is 0 Å². The summed E-state index contributed by atoms with van der Waals surface area (Å²) in [5.74, 6) is 0. The van der Waals surface area contributed by atoms with Crippen molar-refractivity contribution in [2.24, 2.45) is 0 Å². The summed E-state index contributed by atoms with van der Waals surface area (Å²) in [4.78, 5) is 0. The van der Waals surface area contributed by atoms with E-state index in [0.717, 1.165) is 0 Å². The molecule has 0 rings (SSSR count). The molecule has 2 N–H and O–H groups in total. The van der Waals surface area contributed by atoms with E-state index in [1.807, 2.05) is 0 Å². The fourth-order valence-corrected chi connectivity index (χ4v) is 0. The van der Waals surface area contributed by atoms with Gasteiger partial charge in [-0.15, -0.1) is 0 Å². The van der Waals surface area contributed by atoms with Gasteiger partial charge >= 0.3 is 0 Å². The van der Waals surface area contributed by atoms with Crippen LogP contribution in [0.2, 0.25) is 0 Å². The van der Waals surface area contributed by atoms with Gasteiger partial charge in [-0.1, -0.05) is 0 Å². The Balaban J connectivity index is 2.80. The fourth-order valence-electron chi connectivity index (χ4n) is 0. The minimum atomic E-state index is -0.778. The highest BCUT2D eigenvalue weighted by Crippen LogP contribution is 1.29. The third kappa shape index (κ3) is 8.12. The van der Waals surface area contributed by atoms with Crippen LogP contribution in [0.1, 0.15) is 0 Å². The van der Waals surface area contributed by atoms with Crippen LogP contribution in [0.4, 0.5) is 0 Å². The number of aliphatic hydroxyl groups excluding tert-OH is 1. The molecule has 4 heavy (non-hydrogen) atoms. The van der Waals surface area contributed by atoms with Gasteiger partial charge in [-0.2, -0.15) is 0 Å². The van der Waals surface area contributed by atoms with E-state index in [4.69, 9.17) is 10.2 Å². The predicted molar refractivity (Wildman–Crippen MR) is 14.6 cm³/mol. The van der Waals surface area contributed by atoms with Crippen molar-refractivity contribution >= 4 is 15.4 Å². The van der Waals surface area contributed by atoms with E-state index in [2.05, 4.69) is 9.85 Å². The van der Waals surface area contributed by atoms with E-state index in [0.29, 0.717) is 0 Å². The van der Waals surface area contributed by atoms with Crippen LogP contribution in [-0.2, 0) is 0 Å². The SMILES string of the molecule is OC(O)=[Si]. The Morgan fingerprint density at radius 3 is 1.50 bits per heavy atom. The van der Waals surface area contributed by atoms with Crippen molar-refractivity contribution < 1.29 is 10.2 Å². The maximum atomic E-state index is 7.44. The molecule has 0 spiro atoms. The molecule has 0 fully saturated rings. The standard InChI is InChI=1S/CH2O2Si/c2-1(3)4/h2-3H. The zero-order chi connectivity index (χ0) is 3.58. The third-order valence-electron chi connectivity index (χ3n) is 0. The summed E-state index contributed by atoms with van der Waals surface area (Å²) < 4.78 is 0. The van der Waals surface area contributed by atoms with E-state index in [-0.39, 0.29) is 0 Å². The van der Waals surface area contributed by atoms with Crippen LogP contribution < -0.4 is 0 Å². The average molecular weight is 74.1 g/mol. The molecule has 0 unspecified atom stereocenters. The van der Waals surface area contributed by atoms with Crippen LogP contribution >= 0.6 is 0 Å². The Labute approximate surface area is 26.7 Å². The molecule has 0 aliphatic carbocycles. The Hall–Kier alpha value is -0.313. The van der Waals surface area contributed by atoms with Crippen LogP contribution in [-0.4, -0.2) is 25.6 Å². The van der Waals surface area contributed by atoms with Crippen molar-refractivity contribution in [2.75, 3.05) is 0 Å². The van der Waals surface area contributed by atoms with Gasteiger partial charge in [-0.3, -0.25) is 0 Å². The van der Waals surface area contributed by atoms with Crippen molar-refractivity contribution in [1.82, 2.24) is 0 Å². The van der Waals surface area contributed by atoms with Gasteiger partial charge in [0.15, 0.2) is 0 Å². The number of hydrogen-bond donors (Lipinski definition) is 2. The summed E-state index contributed by atoms with van der Waals surface area (Å²) in [6.45, 7) is 0. The minimum Gasteiger partial charge on any atom is -0.486 e. The lowest BCUT2D eigenvalue weighted by molar-refractivity contribution is 0.383. The van der Waals surface area contributed by atoms with Gasteiger partial charge in [0, 0.05) is 0 Å². The van der Waals surface area contributed by atoms with E-state index < -0.39 is 5.54 Å². The lowest BCUT2D eigenvalue weighted by atomic mass is 11.5. The Kier molecular flexibility index (Phi) is 0.976. The molecule has 22 valence electrons. The maximum Gasteiger partial charge on any atom is 0.231 e. The smallest absolute Gasteiger partial charge is 0.231 e. The zero-order valence-corrected chi connectivity index (χ0v) is 2.89. The first kappa shape index (κ1) is 3.69. The Morgan fingerprint density at radius 2 is 1.50 bits per heavy atom. The molecule has 0 aliphatic rings. The van der Waals surface area contributed by atoms with Crippen molar-refractivity contribution in [1.29, 1.82) is 0 Å². The minimum absolute atomic E-state index is 0.778. The molecule has 0 aliphatic heterocycles. The molecule has 0 amide bonds. The summed E-state index contributed by atoms with van der Waals surface area (Å²) in [6, 6.07) is 0. The molecule has 2 nitrogen and oxygen atoms in total. The molecular formula is CH2O2Si. The monoisotopic (exact) mass is 74.0 g/mol. The fraction of sp³-hybridized carbons (Fsp3) is 0. The zero-order valence-electron chi connectivity index (χ0n) is 1.89. The highest BCUT2D eigenvalue weighted by molar-refractivity contribution is 6.30. The van der Waals surface area contributed by atoms with Crippen LogP contribution in [0.5, 0.6) is 0 Å². The molecule has 3 heteroatoms. The Morgan fingerprint density at radius 1 is 1.50 bits per heavy atom. The summed E-state index contributed by atoms with van der Waals surface area (Å²) in [6.07, 6.45) is 0. The Bertz CT molecular complexity index is 29.0. The molecule has 0 heterocycles. The summed E-state index contributed by atoms with van der Waals surface area (Å²) in [5.41, 5.74) is -0.778. The van der Waals surface area contributed by atoms with Gasteiger partial charge in [0.05, 0.1) is 0 Å². The van der Waals surface area contributed by atoms with Gasteiger partial charge < -0.3 is 10.2 Å². The van der Waals surface area contributed by atoms with Gasteiger partial charge in [-0.05, 0) is 0 Å². The van der Waals surface area contributed by atoms with Crippen LogP contribution in [0.3, 0.4) is 0 Å². The van der Waals surface area contributed by atoms with Crippen LogP contribution in [0.15, 0.2) is 0 Å². The highest BCUT2D eigenvalue weighted by Gasteiger charge is 1.56. The van der Waals surface area contributed by atoms with Gasteiger partial charge in [0.2, 0.25) is 5.54 Å². The van der Waals surface area contributed by atoms with Crippen molar-refractivity contribution in [2.45, 2.75) is 0 Å². The first-order valence-corrected chi connectivity index (χ1v) is 1.20. The quantitative estimate of drug-likeness (QED) is 0.361. The molecule has 0 atom stereocenters. The molecular weight excluding hydrogens is 72.1 g/mol. The molecule has 0 saturated heterocycles. The maximum absolute atomic E-state index is 7.44. The first-order valence-electron chi connectivity index (χ1n) is 0.697. The number of hydrogen-bond acceptors (Lipinski definition) is 2. The second-order valence-electron chi connectivity index (χ2n) is 0.324. The van der Waals surface area contributed by atoms with Gasteiger partial charge in [0.1, 0.15) is 9.85 Å². The molecule has 0 bridgehead atoms. The largest absolute Gasteiger partial charge is 0.486 e. The third-order valence-corrected chi connectivity index (χ3v) is 0. The summed E-state index contributed by atoms with van der Waals surface area (Å²) >= 11 is 0. The van der Waals surface area contributed by atoms with Gasteiger partial charge in [-0.25, -0.2) is 0 Å². The molecule has 0 aromatic carbocycles. The van der Waals surface area contributed by atoms with Crippen molar-refractivity contribution in [3.05, 3.63) is 0 Å². The topological polar surface area (TPSA) is 40.5 Å². The lowest BCUT2D eigenvalue weighted by Crippen LogP contribution is -1.87. The van der Waals surface area contributed by atoms with E-state index in [1.165, 1.54) is 0 Å². The van der Waals surface area contributed by atoms with E-state index in [1.54, 1.807) is 0 Å². The number of rotatable bonds is 0. The second kappa shape index (κ2) is 1.06. The molecule has 2 radical (unpaired) electrons. The predicted octanol–water partition coefficient (Wildman–Crippen LogP) is -1.01. The average Bonchev–Trinajstić information content (AvgIpc) is 0.811. The second-order valence-corrected chi connectivity index (χ2v) is 0.771. The summed E-state index contributed by atoms with van der Waals surface area (Å²) in [5, 5.41) is 14.9. The first-order chi connectivity index (χ1) is 1.73.